The predicted octanol–water partition coefficient (Wildman–Crippen LogP) is 7.84. The molecule has 0 radical (unpaired) electrons. The molecule has 1 aliphatic rings. The molecule has 1 saturated carbocycles. The van der Waals surface area contributed by atoms with Crippen LogP contribution in [0.25, 0.3) is 11.1 Å². The highest BCUT2D eigenvalue weighted by Gasteiger charge is 2.25. The highest BCUT2D eigenvalue weighted by Crippen LogP contribution is 2.36. The largest absolute Gasteiger partial charge is 0.326 e. The lowest BCUT2D eigenvalue weighted by Crippen LogP contribution is -2.29. The maximum absolute atomic E-state index is 9.50. The number of hydrogen-bond donors (Lipinski definition) is 0. The zero-order chi connectivity index (χ0) is 24.1. The van der Waals surface area contributed by atoms with Crippen molar-refractivity contribution in [1.82, 2.24) is 4.98 Å². The maximum Gasteiger partial charge on any atom is 0.133 e. The summed E-state index contributed by atoms with van der Waals surface area (Å²) in [6.45, 7) is 11.9. The van der Waals surface area contributed by atoms with Crippen molar-refractivity contribution >= 4 is 5.82 Å². The van der Waals surface area contributed by atoms with E-state index >= 15 is 0 Å². The number of hydrogen-bond acceptors (Lipinski definition) is 3. The van der Waals surface area contributed by atoms with E-state index < -0.39 is 0 Å². The van der Waals surface area contributed by atoms with Crippen LogP contribution in [-0.4, -0.2) is 4.98 Å². The molecule has 0 unspecified atom stereocenters. The topological polar surface area (TPSA) is 39.9 Å². The smallest absolute Gasteiger partial charge is 0.133 e. The van der Waals surface area contributed by atoms with Crippen LogP contribution in [-0.2, 0) is 13.0 Å². The first-order valence-corrected chi connectivity index (χ1v) is 12.5. The van der Waals surface area contributed by atoms with E-state index in [4.69, 9.17) is 4.98 Å². The Kier molecular flexibility index (Phi) is 7.48. The number of allylic oxidation sites excluding steroid dienone is 1. The Morgan fingerprint density at radius 3 is 2.38 bits per heavy atom. The fourth-order valence-electron chi connectivity index (χ4n) is 4.96. The average Bonchev–Trinajstić information content (AvgIpc) is 2.87. The molecule has 0 atom stereocenters. The molecular weight excluding hydrogens is 414 g/mol. The van der Waals surface area contributed by atoms with Gasteiger partial charge in [0.2, 0.25) is 0 Å². The van der Waals surface area contributed by atoms with Gasteiger partial charge in [-0.25, -0.2) is 4.98 Å². The Balaban J connectivity index is 1.58. The Morgan fingerprint density at radius 2 is 1.74 bits per heavy atom. The molecule has 1 aromatic heterocycles. The van der Waals surface area contributed by atoms with Gasteiger partial charge in [0.25, 0.3) is 0 Å². The highest BCUT2D eigenvalue weighted by molar-refractivity contribution is 5.66. The number of rotatable bonds is 7. The number of aromatic nitrogens is 1. The van der Waals surface area contributed by atoms with Crippen molar-refractivity contribution in [1.29, 1.82) is 5.26 Å². The first kappa shape index (κ1) is 23.8. The maximum atomic E-state index is 9.50. The third-order valence-corrected chi connectivity index (χ3v) is 7.25. The number of pyridine rings is 1. The van der Waals surface area contributed by atoms with Gasteiger partial charge in [-0.05, 0) is 84.0 Å². The van der Waals surface area contributed by atoms with Crippen LogP contribution in [0.5, 0.6) is 0 Å². The Labute approximate surface area is 204 Å². The van der Waals surface area contributed by atoms with Crippen molar-refractivity contribution in [3.8, 4) is 17.2 Å². The molecule has 1 fully saturated rings. The van der Waals surface area contributed by atoms with Crippen LogP contribution in [0, 0.1) is 30.1 Å². The minimum absolute atomic E-state index is 0.513. The fraction of sp³-hybridized carbons (Fsp3) is 0.355. The molecule has 3 aromatic rings. The van der Waals surface area contributed by atoms with Crippen LogP contribution in [0.15, 0.2) is 73.1 Å². The van der Waals surface area contributed by atoms with Gasteiger partial charge >= 0.3 is 0 Å². The summed E-state index contributed by atoms with van der Waals surface area (Å²) >= 11 is 0. The second kappa shape index (κ2) is 10.7. The molecule has 0 spiro atoms. The van der Waals surface area contributed by atoms with Crippen LogP contribution < -0.4 is 4.90 Å². The molecule has 0 amide bonds. The molecular formula is C31H35N3. The molecule has 2 aromatic carbocycles. The first-order valence-electron chi connectivity index (χ1n) is 12.5. The minimum Gasteiger partial charge on any atom is -0.326 e. The molecule has 0 bridgehead atoms. The molecule has 3 heteroatoms. The van der Waals surface area contributed by atoms with Gasteiger partial charge in [0.15, 0.2) is 0 Å². The SMILES string of the molecule is C=C(C1CCC(C)CC1)N(Cc1ccc(-c2ccc(CC)c(C#N)c2)cc1)c1cc(C)ccn1. The van der Waals surface area contributed by atoms with Gasteiger partial charge in [0.1, 0.15) is 5.82 Å². The quantitative estimate of drug-likeness (QED) is 0.369. The third kappa shape index (κ3) is 5.39. The molecule has 3 nitrogen and oxygen atoms in total. The summed E-state index contributed by atoms with van der Waals surface area (Å²) in [5, 5.41) is 9.50. The lowest BCUT2D eigenvalue weighted by Gasteiger charge is -2.35. The summed E-state index contributed by atoms with van der Waals surface area (Å²) in [5.41, 5.74) is 7.69. The number of nitrogens with zero attached hydrogens (tertiary/aromatic N) is 3. The van der Waals surface area contributed by atoms with E-state index in [1.54, 1.807) is 0 Å². The van der Waals surface area contributed by atoms with E-state index in [1.807, 2.05) is 18.3 Å². The van der Waals surface area contributed by atoms with Crippen molar-refractivity contribution in [2.75, 3.05) is 4.90 Å². The Bertz CT molecular complexity index is 1180. The van der Waals surface area contributed by atoms with Crippen LogP contribution in [0.3, 0.4) is 0 Å². The normalized spacial score (nSPS) is 17.7. The summed E-state index contributed by atoms with van der Waals surface area (Å²) in [4.78, 5) is 7.01. The summed E-state index contributed by atoms with van der Waals surface area (Å²) in [5.74, 6) is 2.30. The zero-order valence-corrected chi connectivity index (χ0v) is 20.7. The van der Waals surface area contributed by atoms with E-state index in [9.17, 15) is 5.26 Å². The first-order chi connectivity index (χ1) is 16.5. The van der Waals surface area contributed by atoms with Gasteiger partial charge in [-0.2, -0.15) is 5.26 Å². The van der Waals surface area contributed by atoms with Crippen molar-refractivity contribution in [3.63, 3.8) is 0 Å². The van der Waals surface area contributed by atoms with Crippen molar-refractivity contribution < 1.29 is 0 Å². The highest BCUT2D eigenvalue weighted by atomic mass is 15.2. The monoisotopic (exact) mass is 449 g/mol. The molecule has 1 aliphatic carbocycles. The number of anilines is 1. The van der Waals surface area contributed by atoms with Crippen LogP contribution in [0.4, 0.5) is 5.82 Å². The van der Waals surface area contributed by atoms with E-state index in [0.717, 1.165) is 47.0 Å². The van der Waals surface area contributed by atoms with Crippen molar-refractivity contribution in [2.24, 2.45) is 11.8 Å². The standard InChI is InChI=1S/C31H35N3/c1-5-26-14-15-29(19-30(26)20-32)28-12-8-25(9-13-28)21-34(31-18-23(3)16-17-33-31)24(4)27-10-6-22(2)7-11-27/h8-9,12-19,22,27H,4-7,10-11,21H2,1-3H3. The summed E-state index contributed by atoms with van der Waals surface area (Å²) < 4.78 is 0. The van der Waals surface area contributed by atoms with Crippen LogP contribution >= 0.6 is 0 Å². The van der Waals surface area contributed by atoms with Gasteiger partial charge in [-0.15, -0.1) is 0 Å². The minimum atomic E-state index is 0.513. The second-order valence-corrected chi connectivity index (χ2v) is 9.76. The van der Waals surface area contributed by atoms with Gasteiger partial charge in [-0.3, -0.25) is 0 Å². The van der Waals surface area contributed by atoms with Crippen LogP contribution in [0.2, 0.25) is 0 Å². The number of benzene rings is 2. The fourth-order valence-corrected chi connectivity index (χ4v) is 4.96. The van der Waals surface area contributed by atoms with E-state index in [1.165, 1.54) is 42.5 Å². The van der Waals surface area contributed by atoms with Gasteiger partial charge in [-0.1, -0.05) is 69.7 Å². The summed E-state index contributed by atoms with van der Waals surface area (Å²) in [7, 11) is 0. The lowest BCUT2D eigenvalue weighted by atomic mass is 9.81. The third-order valence-electron chi connectivity index (χ3n) is 7.25. The second-order valence-electron chi connectivity index (χ2n) is 9.76. The summed E-state index contributed by atoms with van der Waals surface area (Å²) in [6.07, 6.45) is 7.72. The van der Waals surface area contributed by atoms with E-state index in [2.05, 4.69) is 80.8 Å². The van der Waals surface area contributed by atoms with Gasteiger partial charge in [0.05, 0.1) is 11.6 Å². The number of aryl methyl sites for hydroxylation is 2. The molecule has 34 heavy (non-hydrogen) atoms. The Hall–Kier alpha value is -3.38. The molecule has 174 valence electrons. The average molecular weight is 450 g/mol. The molecule has 4 rings (SSSR count). The van der Waals surface area contributed by atoms with Crippen molar-refractivity contribution in [3.05, 3.63) is 95.3 Å². The summed E-state index contributed by atoms with van der Waals surface area (Å²) in [6, 6.07) is 21.4. The van der Waals surface area contributed by atoms with Crippen molar-refractivity contribution in [2.45, 2.75) is 59.4 Å². The Morgan fingerprint density at radius 1 is 1.03 bits per heavy atom. The lowest BCUT2D eigenvalue weighted by molar-refractivity contribution is 0.316. The van der Waals surface area contributed by atoms with Crippen LogP contribution in [0.1, 0.15) is 61.8 Å². The predicted molar refractivity (Wildman–Crippen MR) is 141 cm³/mol. The van der Waals surface area contributed by atoms with E-state index in [-0.39, 0.29) is 0 Å². The molecule has 1 heterocycles. The zero-order valence-electron chi connectivity index (χ0n) is 20.7. The molecule has 0 saturated heterocycles. The molecule has 0 aliphatic heterocycles. The van der Waals surface area contributed by atoms with E-state index in [0.29, 0.717) is 5.92 Å². The molecule has 0 N–H and O–H groups in total. The van der Waals surface area contributed by atoms with Gasteiger partial charge < -0.3 is 4.90 Å². The van der Waals surface area contributed by atoms with Gasteiger partial charge in [0, 0.05) is 18.4 Å². The number of nitriles is 1.